The minimum Gasteiger partial charge on any atom is -0.396 e. The van der Waals surface area contributed by atoms with Gasteiger partial charge in [-0.15, -0.1) is 0 Å². The normalized spacial score (nSPS) is 12.6. The molecule has 0 aliphatic rings. The number of ether oxygens (including phenoxy) is 1. The summed E-state index contributed by atoms with van der Waals surface area (Å²) in [7, 11) is 0. The van der Waals surface area contributed by atoms with Crippen LogP contribution >= 0.6 is 0 Å². The van der Waals surface area contributed by atoms with Gasteiger partial charge in [0, 0.05) is 13.0 Å². The predicted molar refractivity (Wildman–Crippen MR) is 97.2 cm³/mol. The summed E-state index contributed by atoms with van der Waals surface area (Å²) in [5.74, 6) is 0.886. The Kier molecular flexibility index (Phi) is 6.17. The second-order valence-corrected chi connectivity index (χ2v) is 6.11. The van der Waals surface area contributed by atoms with E-state index >= 15 is 0 Å². The molecule has 0 unspecified atom stereocenters. The highest BCUT2D eigenvalue weighted by Gasteiger charge is 2.14. The number of nitrogens with zero attached hydrogens (tertiary/aromatic N) is 2. The minimum absolute atomic E-state index is 0.131. The topological polar surface area (TPSA) is 67.5 Å². The molecule has 3 rings (SSSR count). The summed E-state index contributed by atoms with van der Waals surface area (Å²) in [6.45, 7) is 1.31. The Bertz CT molecular complexity index is 786. The van der Waals surface area contributed by atoms with Crippen LogP contribution in [0.1, 0.15) is 17.8 Å². The molecule has 3 aromatic rings. The van der Waals surface area contributed by atoms with Gasteiger partial charge >= 0.3 is 0 Å². The van der Waals surface area contributed by atoms with Gasteiger partial charge in [-0.1, -0.05) is 42.5 Å². The fourth-order valence-electron chi connectivity index (χ4n) is 2.91. The first-order valence-electron chi connectivity index (χ1n) is 8.62. The molecule has 0 bridgehead atoms. The van der Waals surface area contributed by atoms with Gasteiger partial charge in [0.2, 0.25) is 0 Å². The number of aromatic nitrogens is 2. The first-order valence-corrected chi connectivity index (χ1v) is 8.62. The molecule has 5 nitrogen and oxygen atoms in total. The maximum Gasteiger partial charge on any atom is 0.110 e. The smallest absolute Gasteiger partial charge is 0.110 e. The molecule has 25 heavy (non-hydrogen) atoms. The molecular formula is C20H24N2O3. The summed E-state index contributed by atoms with van der Waals surface area (Å²) >= 11 is 0. The van der Waals surface area contributed by atoms with Crippen LogP contribution in [0.2, 0.25) is 0 Å². The minimum atomic E-state index is -0.616. The van der Waals surface area contributed by atoms with Gasteiger partial charge in [-0.3, -0.25) is 0 Å². The van der Waals surface area contributed by atoms with Crippen LogP contribution in [0.25, 0.3) is 11.0 Å². The fraction of sp³-hybridized carbons (Fsp3) is 0.350. The zero-order valence-corrected chi connectivity index (χ0v) is 14.2. The van der Waals surface area contributed by atoms with Gasteiger partial charge in [-0.05, 0) is 24.1 Å². The van der Waals surface area contributed by atoms with Crippen molar-refractivity contribution in [1.29, 1.82) is 0 Å². The van der Waals surface area contributed by atoms with Crippen LogP contribution in [0.5, 0.6) is 0 Å². The SMILES string of the molecule is OCCCc1nc2ccccc2n1C[C@@H](O)COCc1ccccc1. The standard InChI is InChI=1S/C20H24N2O3/c23-12-6-11-20-21-18-9-4-5-10-19(18)22(20)13-17(24)15-25-14-16-7-2-1-3-8-16/h1-5,7-10,17,23-24H,6,11-15H2/t17-/m1/s1. The fourth-order valence-corrected chi connectivity index (χ4v) is 2.91. The van der Waals surface area contributed by atoms with Crippen LogP contribution in [-0.4, -0.2) is 39.1 Å². The quantitative estimate of drug-likeness (QED) is 0.628. The van der Waals surface area contributed by atoms with Gasteiger partial charge in [0.05, 0.1) is 36.9 Å². The van der Waals surface area contributed by atoms with Crippen LogP contribution in [0.4, 0.5) is 0 Å². The van der Waals surface area contributed by atoms with Gasteiger partial charge in [-0.25, -0.2) is 4.98 Å². The van der Waals surface area contributed by atoms with Gasteiger partial charge in [-0.2, -0.15) is 0 Å². The molecule has 1 atom stereocenters. The van der Waals surface area contributed by atoms with E-state index in [2.05, 4.69) is 4.98 Å². The average molecular weight is 340 g/mol. The van der Waals surface area contributed by atoms with Crippen molar-refractivity contribution in [3.63, 3.8) is 0 Å². The van der Waals surface area contributed by atoms with E-state index in [9.17, 15) is 5.11 Å². The number of aliphatic hydroxyl groups is 2. The maximum atomic E-state index is 10.4. The van der Waals surface area contributed by atoms with Crippen LogP contribution in [0.3, 0.4) is 0 Å². The molecule has 1 aromatic heterocycles. The molecule has 2 aromatic carbocycles. The summed E-state index contributed by atoms with van der Waals surface area (Å²) in [4.78, 5) is 4.63. The van der Waals surface area contributed by atoms with Gasteiger partial charge in [0.1, 0.15) is 5.82 Å². The van der Waals surface area contributed by atoms with E-state index in [1.165, 1.54) is 0 Å². The molecule has 0 aliphatic heterocycles. The number of imidazole rings is 1. The summed E-state index contributed by atoms with van der Waals surface area (Å²) in [5.41, 5.74) is 3.00. The first kappa shape index (κ1) is 17.6. The lowest BCUT2D eigenvalue weighted by atomic mass is 10.2. The van der Waals surface area contributed by atoms with Crippen molar-refractivity contribution in [2.24, 2.45) is 0 Å². The summed E-state index contributed by atoms with van der Waals surface area (Å²) in [6.07, 6.45) is 0.723. The van der Waals surface area contributed by atoms with E-state index in [1.54, 1.807) is 0 Å². The highest BCUT2D eigenvalue weighted by atomic mass is 16.5. The third kappa shape index (κ3) is 4.66. The third-order valence-electron chi connectivity index (χ3n) is 4.11. The van der Waals surface area contributed by atoms with Crippen molar-refractivity contribution in [2.45, 2.75) is 32.1 Å². The summed E-state index contributed by atoms with van der Waals surface area (Å²) in [6, 6.07) is 17.8. The molecule has 0 spiro atoms. The zero-order valence-electron chi connectivity index (χ0n) is 14.2. The number of hydrogen-bond acceptors (Lipinski definition) is 4. The number of aliphatic hydroxyl groups excluding tert-OH is 2. The number of fused-ring (bicyclic) bond motifs is 1. The van der Waals surface area contributed by atoms with Crippen molar-refractivity contribution in [3.8, 4) is 0 Å². The Labute approximate surface area is 147 Å². The molecule has 132 valence electrons. The Morgan fingerprint density at radius 1 is 1.04 bits per heavy atom. The van der Waals surface area contributed by atoms with Crippen LogP contribution in [-0.2, 0) is 24.3 Å². The lowest BCUT2D eigenvalue weighted by Gasteiger charge is -2.15. The molecule has 0 aliphatic carbocycles. The van der Waals surface area contributed by atoms with Gasteiger partial charge in [0.15, 0.2) is 0 Å². The largest absolute Gasteiger partial charge is 0.396 e. The van der Waals surface area contributed by atoms with Gasteiger partial charge in [0.25, 0.3) is 0 Å². The van der Waals surface area contributed by atoms with Crippen LogP contribution < -0.4 is 0 Å². The Hall–Kier alpha value is -2.21. The van der Waals surface area contributed by atoms with Crippen molar-refractivity contribution < 1.29 is 14.9 Å². The zero-order chi connectivity index (χ0) is 17.5. The molecule has 0 radical (unpaired) electrons. The Morgan fingerprint density at radius 3 is 2.60 bits per heavy atom. The second kappa shape index (κ2) is 8.76. The number of benzene rings is 2. The Morgan fingerprint density at radius 2 is 1.80 bits per heavy atom. The van der Waals surface area contributed by atoms with Crippen LogP contribution in [0.15, 0.2) is 54.6 Å². The molecule has 0 fully saturated rings. The molecular weight excluding hydrogens is 316 g/mol. The molecule has 0 amide bonds. The van der Waals surface area contributed by atoms with E-state index in [1.807, 2.05) is 59.2 Å². The first-order chi connectivity index (χ1) is 12.3. The molecule has 5 heteroatoms. The Balaban J connectivity index is 1.64. The van der Waals surface area contributed by atoms with Gasteiger partial charge < -0.3 is 19.5 Å². The second-order valence-electron chi connectivity index (χ2n) is 6.11. The summed E-state index contributed by atoms with van der Waals surface area (Å²) in [5, 5.41) is 19.5. The van der Waals surface area contributed by atoms with E-state index in [0.717, 1.165) is 22.4 Å². The highest BCUT2D eigenvalue weighted by molar-refractivity contribution is 5.75. The molecule has 1 heterocycles. The molecule has 0 saturated heterocycles. The van der Waals surface area contributed by atoms with E-state index in [-0.39, 0.29) is 13.2 Å². The monoisotopic (exact) mass is 340 g/mol. The highest BCUT2D eigenvalue weighted by Crippen LogP contribution is 2.18. The third-order valence-corrected chi connectivity index (χ3v) is 4.11. The van der Waals surface area contributed by atoms with E-state index < -0.39 is 6.10 Å². The van der Waals surface area contributed by atoms with Crippen molar-refractivity contribution >= 4 is 11.0 Å². The molecule has 0 saturated carbocycles. The number of para-hydroxylation sites is 2. The number of rotatable bonds is 9. The van der Waals surface area contributed by atoms with Crippen molar-refractivity contribution in [2.75, 3.05) is 13.2 Å². The van der Waals surface area contributed by atoms with Crippen LogP contribution in [0, 0.1) is 0 Å². The maximum absolute atomic E-state index is 10.4. The lowest BCUT2D eigenvalue weighted by Crippen LogP contribution is -2.23. The lowest BCUT2D eigenvalue weighted by molar-refractivity contribution is 0.0205. The van der Waals surface area contributed by atoms with E-state index in [4.69, 9.17) is 9.84 Å². The van der Waals surface area contributed by atoms with Crippen molar-refractivity contribution in [3.05, 3.63) is 66.0 Å². The predicted octanol–water partition coefficient (Wildman–Crippen LogP) is 2.54. The number of hydrogen-bond donors (Lipinski definition) is 2. The average Bonchev–Trinajstić information content (AvgIpc) is 2.98. The summed E-state index contributed by atoms with van der Waals surface area (Å²) < 4.78 is 7.67. The van der Waals surface area contributed by atoms with Crippen molar-refractivity contribution in [1.82, 2.24) is 9.55 Å². The molecule has 2 N–H and O–H groups in total. The van der Waals surface area contributed by atoms with E-state index in [0.29, 0.717) is 26.0 Å². The number of aryl methyl sites for hydroxylation is 1.